The highest BCUT2D eigenvalue weighted by molar-refractivity contribution is 7.81. The molecule has 9 heteroatoms. The number of esters is 2. The summed E-state index contributed by atoms with van der Waals surface area (Å²) >= 11 is 4.33. The van der Waals surface area contributed by atoms with E-state index in [-0.39, 0.29) is 18.9 Å². The van der Waals surface area contributed by atoms with Crippen LogP contribution in [0.25, 0.3) is 0 Å². The molecule has 1 aliphatic rings. The normalized spacial score (nSPS) is 17.7. The molecule has 1 fully saturated rings. The largest absolute Gasteiger partial charge is 0.459 e. The molecule has 0 spiro atoms. The van der Waals surface area contributed by atoms with Gasteiger partial charge in [-0.05, 0) is 45.1 Å². The Kier molecular flexibility index (Phi) is 9.97. The molecule has 1 aromatic carbocycles. The number of thiol groups is 1. The van der Waals surface area contributed by atoms with Gasteiger partial charge < -0.3 is 19.7 Å². The Morgan fingerprint density at radius 1 is 1.15 bits per heavy atom. The summed E-state index contributed by atoms with van der Waals surface area (Å²) in [5.74, 6) is -2.09. The second-order valence-corrected chi connectivity index (χ2v) is 10.4. The molecular weight excluding hydrogens is 456 g/mol. The maximum absolute atomic E-state index is 13.0. The van der Waals surface area contributed by atoms with Gasteiger partial charge in [0, 0.05) is 13.0 Å². The molecule has 3 atom stereocenters. The molecule has 1 aromatic rings. The Balaban J connectivity index is 1.93. The minimum Gasteiger partial charge on any atom is -0.459 e. The van der Waals surface area contributed by atoms with Crippen LogP contribution in [-0.2, 0) is 35.3 Å². The van der Waals surface area contributed by atoms with Crippen molar-refractivity contribution in [2.24, 2.45) is 5.92 Å². The summed E-state index contributed by atoms with van der Waals surface area (Å²) < 4.78 is 10.8. The summed E-state index contributed by atoms with van der Waals surface area (Å²) in [5, 5.41) is 1.71. The van der Waals surface area contributed by atoms with Gasteiger partial charge in [-0.15, -0.1) is 0 Å². The van der Waals surface area contributed by atoms with E-state index in [1.54, 1.807) is 34.6 Å². The van der Waals surface area contributed by atoms with Crippen LogP contribution in [-0.4, -0.2) is 58.1 Å². The summed E-state index contributed by atoms with van der Waals surface area (Å²) in [6.45, 7) is 9.39. The van der Waals surface area contributed by atoms with Gasteiger partial charge in [0.2, 0.25) is 11.8 Å². The van der Waals surface area contributed by atoms with Crippen LogP contribution in [0.3, 0.4) is 0 Å². The van der Waals surface area contributed by atoms with Crippen molar-refractivity contribution in [1.29, 1.82) is 0 Å². The SMILES string of the molecule is CC(C)[C@H](NC(=O)CC(S)C(=O)N1CCC[C@H]1C(=O)OCc1ccccc1)C(=O)OC(C)(C)C. The number of benzene rings is 1. The number of amides is 2. The Morgan fingerprint density at radius 3 is 2.38 bits per heavy atom. The van der Waals surface area contributed by atoms with Gasteiger partial charge in [0.25, 0.3) is 0 Å². The third-order valence-electron chi connectivity index (χ3n) is 5.34. The summed E-state index contributed by atoms with van der Waals surface area (Å²) in [6.07, 6.45) is 0.938. The minimum atomic E-state index is -0.950. The van der Waals surface area contributed by atoms with E-state index < -0.39 is 46.7 Å². The second-order valence-electron chi connectivity index (χ2n) is 9.83. The van der Waals surface area contributed by atoms with Crippen LogP contribution in [0.2, 0.25) is 0 Å². The molecule has 0 radical (unpaired) electrons. The zero-order valence-corrected chi connectivity index (χ0v) is 21.5. The second kappa shape index (κ2) is 12.2. The van der Waals surface area contributed by atoms with Gasteiger partial charge in [-0.25, -0.2) is 9.59 Å². The molecule has 8 nitrogen and oxygen atoms in total. The van der Waals surface area contributed by atoms with Crippen molar-refractivity contribution in [3.05, 3.63) is 35.9 Å². The van der Waals surface area contributed by atoms with E-state index in [0.29, 0.717) is 19.4 Å². The summed E-state index contributed by atoms with van der Waals surface area (Å²) in [7, 11) is 0. The fraction of sp³-hybridized carbons (Fsp3) is 0.600. The lowest BCUT2D eigenvalue weighted by atomic mass is 10.0. The monoisotopic (exact) mass is 492 g/mol. The molecule has 0 saturated carbocycles. The number of nitrogens with one attached hydrogen (secondary N) is 1. The molecule has 1 unspecified atom stereocenters. The van der Waals surface area contributed by atoms with Crippen LogP contribution >= 0.6 is 12.6 Å². The lowest BCUT2D eigenvalue weighted by Gasteiger charge is -2.28. The smallest absolute Gasteiger partial charge is 0.329 e. The van der Waals surface area contributed by atoms with Gasteiger partial charge in [-0.1, -0.05) is 44.2 Å². The highest BCUT2D eigenvalue weighted by Crippen LogP contribution is 2.22. The Labute approximate surface area is 207 Å². The zero-order chi connectivity index (χ0) is 25.5. The van der Waals surface area contributed by atoms with Crippen molar-refractivity contribution < 1.29 is 28.7 Å². The molecule has 188 valence electrons. The first kappa shape index (κ1) is 27.7. The number of rotatable bonds is 9. The summed E-state index contributed by atoms with van der Waals surface area (Å²) in [6, 6.07) is 7.77. The van der Waals surface area contributed by atoms with E-state index in [4.69, 9.17) is 9.47 Å². The molecule has 1 aliphatic heterocycles. The van der Waals surface area contributed by atoms with Gasteiger partial charge in [0.1, 0.15) is 24.3 Å². The van der Waals surface area contributed by atoms with Crippen molar-refractivity contribution in [3.8, 4) is 0 Å². The van der Waals surface area contributed by atoms with Crippen molar-refractivity contribution in [2.75, 3.05) is 6.54 Å². The first-order chi connectivity index (χ1) is 15.9. The molecule has 0 bridgehead atoms. The predicted molar refractivity (Wildman–Crippen MR) is 131 cm³/mol. The number of likely N-dealkylation sites (tertiary alicyclic amines) is 1. The van der Waals surface area contributed by atoms with Crippen molar-refractivity contribution in [3.63, 3.8) is 0 Å². The first-order valence-corrected chi connectivity index (χ1v) is 12.1. The molecule has 0 aromatic heterocycles. The molecule has 0 aliphatic carbocycles. The molecule has 1 heterocycles. The Hall–Kier alpha value is -2.55. The van der Waals surface area contributed by atoms with Gasteiger partial charge >= 0.3 is 11.9 Å². The minimum absolute atomic E-state index is 0.131. The number of ether oxygens (including phenoxy) is 2. The highest BCUT2D eigenvalue weighted by atomic mass is 32.1. The Bertz CT molecular complexity index is 868. The van der Waals surface area contributed by atoms with E-state index in [9.17, 15) is 19.2 Å². The number of nitrogens with zero attached hydrogens (tertiary/aromatic N) is 1. The van der Waals surface area contributed by atoms with Crippen LogP contribution < -0.4 is 5.32 Å². The maximum atomic E-state index is 13.0. The van der Waals surface area contributed by atoms with E-state index >= 15 is 0 Å². The van der Waals surface area contributed by atoms with Crippen molar-refractivity contribution in [1.82, 2.24) is 10.2 Å². The van der Waals surface area contributed by atoms with Gasteiger partial charge in [-0.3, -0.25) is 9.59 Å². The fourth-order valence-electron chi connectivity index (χ4n) is 3.65. The number of hydrogen-bond donors (Lipinski definition) is 2. The highest BCUT2D eigenvalue weighted by Gasteiger charge is 2.38. The fourth-order valence-corrected chi connectivity index (χ4v) is 3.96. The third kappa shape index (κ3) is 8.34. The average molecular weight is 493 g/mol. The first-order valence-electron chi connectivity index (χ1n) is 11.6. The summed E-state index contributed by atoms with van der Waals surface area (Å²) in [5.41, 5.74) is 0.178. The Morgan fingerprint density at radius 2 is 1.79 bits per heavy atom. The van der Waals surface area contributed by atoms with Crippen LogP contribution in [0, 0.1) is 5.92 Å². The van der Waals surface area contributed by atoms with E-state index in [1.165, 1.54) is 4.90 Å². The number of hydrogen-bond acceptors (Lipinski definition) is 7. The molecular formula is C25H36N2O6S. The zero-order valence-electron chi connectivity index (χ0n) is 20.6. The third-order valence-corrected chi connectivity index (χ3v) is 5.74. The molecule has 2 amide bonds. The predicted octanol–water partition coefficient (Wildman–Crippen LogP) is 2.89. The molecule has 34 heavy (non-hydrogen) atoms. The summed E-state index contributed by atoms with van der Waals surface area (Å²) in [4.78, 5) is 52.1. The number of carbonyl (C=O) groups is 4. The van der Waals surface area contributed by atoms with Crippen LogP contribution in [0.15, 0.2) is 30.3 Å². The quantitative estimate of drug-likeness (QED) is 0.406. The van der Waals surface area contributed by atoms with Crippen molar-refractivity contribution in [2.45, 2.75) is 83.4 Å². The van der Waals surface area contributed by atoms with Crippen LogP contribution in [0.5, 0.6) is 0 Å². The maximum Gasteiger partial charge on any atom is 0.329 e. The van der Waals surface area contributed by atoms with Crippen LogP contribution in [0.1, 0.15) is 59.4 Å². The van der Waals surface area contributed by atoms with E-state index in [0.717, 1.165) is 5.56 Å². The van der Waals surface area contributed by atoms with E-state index in [1.807, 2.05) is 30.3 Å². The van der Waals surface area contributed by atoms with Gasteiger partial charge in [-0.2, -0.15) is 12.6 Å². The van der Waals surface area contributed by atoms with Crippen molar-refractivity contribution >= 4 is 36.4 Å². The average Bonchev–Trinajstić information content (AvgIpc) is 3.24. The van der Waals surface area contributed by atoms with Gasteiger partial charge in [0.05, 0.1) is 5.25 Å². The standard InChI is InChI=1S/C25H36N2O6S/c1-16(2)21(24(31)33-25(3,4)5)26-20(28)14-19(34)22(29)27-13-9-12-18(27)23(30)32-15-17-10-7-6-8-11-17/h6-8,10-11,16,18-19,21,34H,9,12-15H2,1-5H3,(H,26,28)/t18-,19?,21-/m0/s1. The lowest BCUT2D eigenvalue weighted by molar-refractivity contribution is -0.160. The molecule has 1 N–H and O–H groups in total. The number of carbonyl (C=O) groups excluding carboxylic acids is 4. The molecule has 1 saturated heterocycles. The van der Waals surface area contributed by atoms with Gasteiger partial charge in [0.15, 0.2) is 0 Å². The lowest BCUT2D eigenvalue weighted by Crippen LogP contribution is -2.49. The molecule has 2 rings (SSSR count). The van der Waals surface area contributed by atoms with Crippen LogP contribution in [0.4, 0.5) is 0 Å². The topological polar surface area (TPSA) is 102 Å². The van der Waals surface area contributed by atoms with E-state index in [2.05, 4.69) is 17.9 Å².